The number of hydrogen-bond acceptors (Lipinski definition) is 8. The predicted molar refractivity (Wildman–Crippen MR) is 137 cm³/mol. The minimum absolute atomic E-state index is 0.0328. The highest BCUT2D eigenvalue weighted by Crippen LogP contribution is 2.38. The largest absolute Gasteiger partial charge is 0.494 e. The van der Waals surface area contributed by atoms with Crippen LogP contribution in [0.4, 0.5) is 13.2 Å². The number of ether oxygens (including phenoxy) is 1. The van der Waals surface area contributed by atoms with Gasteiger partial charge in [-0.05, 0) is 57.9 Å². The molecule has 3 aromatic rings. The van der Waals surface area contributed by atoms with Gasteiger partial charge >= 0.3 is 6.18 Å². The number of aromatic nitrogens is 2. The van der Waals surface area contributed by atoms with Gasteiger partial charge in [0.2, 0.25) is 5.89 Å². The Morgan fingerprint density at radius 1 is 1.23 bits per heavy atom. The second kappa shape index (κ2) is 10.5. The van der Waals surface area contributed by atoms with E-state index in [1.165, 1.54) is 25.3 Å². The zero-order valence-electron chi connectivity index (χ0n) is 21.9. The van der Waals surface area contributed by atoms with E-state index in [0.29, 0.717) is 12.8 Å². The van der Waals surface area contributed by atoms with E-state index in [1.54, 1.807) is 0 Å². The summed E-state index contributed by atoms with van der Waals surface area (Å²) in [4.78, 5) is 21.2. The number of carbonyl (C=O) groups is 1. The van der Waals surface area contributed by atoms with E-state index in [9.17, 15) is 23.1 Å². The fourth-order valence-corrected chi connectivity index (χ4v) is 4.45. The Morgan fingerprint density at radius 2 is 1.92 bits per heavy atom. The lowest BCUT2D eigenvalue weighted by Gasteiger charge is -2.40. The number of rotatable bonds is 7. The van der Waals surface area contributed by atoms with Gasteiger partial charge in [0.05, 0.1) is 7.11 Å². The van der Waals surface area contributed by atoms with E-state index in [1.807, 2.05) is 20.8 Å². The molecule has 1 saturated carbocycles. The maximum atomic E-state index is 13.3. The highest BCUT2D eigenvalue weighted by Gasteiger charge is 2.38. The molecule has 2 aromatic heterocycles. The number of methoxy groups -OCH3 is 1. The summed E-state index contributed by atoms with van der Waals surface area (Å²) in [6.45, 7) is 5.84. The molecule has 0 radical (unpaired) electrons. The highest BCUT2D eigenvalue weighted by atomic mass is 19.4. The number of nitrogens with one attached hydrogen (secondary N) is 2. The molecule has 1 fully saturated rings. The summed E-state index contributed by atoms with van der Waals surface area (Å²) in [5, 5.41) is 16.6. The van der Waals surface area contributed by atoms with Crippen LogP contribution in [-0.2, 0) is 6.18 Å². The molecule has 0 aliphatic heterocycles. The average molecular weight is 546 g/mol. The number of nitrogens with two attached hydrogens (primary N) is 1. The van der Waals surface area contributed by atoms with Crippen LogP contribution in [0.5, 0.6) is 5.75 Å². The topological polar surface area (TPSA) is 136 Å². The zero-order chi connectivity index (χ0) is 28.7. The van der Waals surface area contributed by atoms with E-state index in [-0.39, 0.29) is 57.1 Å². The quantitative estimate of drug-likeness (QED) is 0.260. The van der Waals surface area contributed by atoms with Gasteiger partial charge < -0.3 is 25.3 Å². The Morgan fingerprint density at radius 3 is 2.51 bits per heavy atom. The van der Waals surface area contributed by atoms with Gasteiger partial charge in [-0.3, -0.25) is 10.1 Å². The molecular weight excluding hydrogens is 515 g/mol. The van der Waals surface area contributed by atoms with Crippen LogP contribution < -0.4 is 21.1 Å². The molecule has 4 rings (SSSR count). The van der Waals surface area contributed by atoms with Crippen molar-refractivity contribution in [3.05, 3.63) is 41.4 Å². The molecule has 1 aliphatic rings. The van der Waals surface area contributed by atoms with Gasteiger partial charge in [0.25, 0.3) is 5.91 Å². The molecule has 39 heavy (non-hydrogen) atoms. The third-order valence-electron chi connectivity index (χ3n) is 6.43. The number of oxazole rings is 1. The van der Waals surface area contributed by atoms with Crippen LogP contribution in [0, 0.1) is 18.3 Å². The van der Waals surface area contributed by atoms with Crippen molar-refractivity contribution in [1.82, 2.24) is 20.6 Å². The van der Waals surface area contributed by atoms with Gasteiger partial charge in [0, 0.05) is 28.4 Å². The lowest BCUT2D eigenvalue weighted by Crippen LogP contribution is -2.55. The van der Waals surface area contributed by atoms with Gasteiger partial charge in [0.15, 0.2) is 11.5 Å². The summed E-state index contributed by atoms with van der Waals surface area (Å²) >= 11 is 0. The Hall–Kier alpha value is -3.66. The standard InChI is InChI=1S/C27H30F3N5O4/c1-6-17(31)22-21(24(37)32-14-11-13(12-14)23(36)35-26(2,3)4)34-25(39-22)16-7-9-18(38-5)20-15(16)8-10-19(33-20)27(28,29)30/h1,7-10,13-14,17,23,35-36H,11-12,31H2,2-5H3,(H,32,37)/t13?,14?,17-,23?/m0/s1. The molecule has 1 aliphatic carbocycles. The molecule has 1 aromatic carbocycles. The molecule has 1 amide bonds. The number of pyridine rings is 1. The smallest absolute Gasteiger partial charge is 0.433 e. The molecule has 9 nitrogen and oxygen atoms in total. The summed E-state index contributed by atoms with van der Waals surface area (Å²) in [5.41, 5.74) is 4.74. The van der Waals surface area contributed by atoms with Crippen molar-refractivity contribution in [3.63, 3.8) is 0 Å². The molecule has 1 unspecified atom stereocenters. The molecule has 5 N–H and O–H groups in total. The Kier molecular flexibility index (Phi) is 7.62. The van der Waals surface area contributed by atoms with Crippen molar-refractivity contribution in [2.24, 2.45) is 11.7 Å². The first-order valence-electron chi connectivity index (χ1n) is 12.3. The average Bonchev–Trinajstić information content (AvgIpc) is 3.28. The van der Waals surface area contributed by atoms with Crippen molar-refractivity contribution >= 4 is 16.8 Å². The van der Waals surface area contributed by atoms with E-state index in [0.717, 1.165) is 6.07 Å². The number of carbonyl (C=O) groups excluding carboxylic acids is 1. The molecule has 12 heteroatoms. The van der Waals surface area contributed by atoms with Gasteiger partial charge in [-0.1, -0.05) is 5.92 Å². The van der Waals surface area contributed by atoms with Gasteiger partial charge in [-0.15, -0.1) is 6.42 Å². The van der Waals surface area contributed by atoms with Gasteiger partial charge in [-0.25, -0.2) is 9.97 Å². The number of terminal acetylenes is 1. The Labute approximate surface area is 223 Å². The molecule has 2 atom stereocenters. The van der Waals surface area contributed by atoms with E-state index in [4.69, 9.17) is 21.3 Å². The number of halogens is 3. The van der Waals surface area contributed by atoms with E-state index >= 15 is 0 Å². The molecule has 2 heterocycles. The normalized spacial score (nSPS) is 19.2. The predicted octanol–water partition coefficient (Wildman–Crippen LogP) is 3.77. The number of hydrogen-bond donors (Lipinski definition) is 4. The minimum atomic E-state index is -4.66. The first kappa shape index (κ1) is 28.4. The third kappa shape index (κ3) is 6.00. The summed E-state index contributed by atoms with van der Waals surface area (Å²) in [6, 6.07) is 3.74. The second-order valence-corrected chi connectivity index (χ2v) is 10.5. The number of benzene rings is 1. The van der Waals surface area contributed by atoms with Crippen LogP contribution in [0.3, 0.4) is 0 Å². The highest BCUT2D eigenvalue weighted by molar-refractivity contribution is 5.98. The molecule has 0 spiro atoms. The van der Waals surface area contributed by atoms with Crippen molar-refractivity contribution < 1.29 is 32.2 Å². The maximum Gasteiger partial charge on any atom is 0.433 e. The third-order valence-corrected chi connectivity index (χ3v) is 6.43. The van der Waals surface area contributed by atoms with Gasteiger partial charge in [-0.2, -0.15) is 13.2 Å². The Bertz CT molecular complexity index is 1420. The SMILES string of the molecule is C#C[C@H](N)c1oc(-c2ccc(OC)c3nc(C(F)(F)F)ccc23)nc1C(=O)NC1CC(C(O)NC(C)(C)C)C1. The van der Waals surface area contributed by atoms with Crippen LogP contribution in [0.15, 0.2) is 28.7 Å². The van der Waals surface area contributed by atoms with E-state index < -0.39 is 30.0 Å². The summed E-state index contributed by atoms with van der Waals surface area (Å²) < 4.78 is 50.9. The fraction of sp³-hybridized carbons (Fsp3) is 0.444. The van der Waals surface area contributed by atoms with Crippen LogP contribution in [0.25, 0.3) is 22.4 Å². The molecule has 0 saturated heterocycles. The number of aliphatic hydroxyl groups excluding tert-OH is 1. The Balaban J connectivity index is 1.63. The van der Waals surface area contributed by atoms with Crippen LogP contribution in [-0.4, -0.2) is 45.9 Å². The number of fused-ring (bicyclic) bond motifs is 1. The summed E-state index contributed by atoms with van der Waals surface area (Å²) in [5.74, 6) is 1.71. The van der Waals surface area contributed by atoms with Crippen molar-refractivity contribution in [2.75, 3.05) is 7.11 Å². The van der Waals surface area contributed by atoms with Gasteiger partial charge in [0.1, 0.15) is 29.2 Å². The molecule has 0 bridgehead atoms. The van der Waals surface area contributed by atoms with Crippen LogP contribution >= 0.6 is 0 Å². The van der Waals surface area contributed by atoms with Crippen LogP contribution in [0.1, 0.15) is 61.6 Å². The first-order chi connectivity index (χ1) is 18.2. The van der Waals surface area contributed by atoms with Crippen molar-refractivity contribution in [2.45, 2.75) is 63.6 Å². The van der Waals surface area contributed by atoms with Crippen molar-refractivity contribution in [1.29, 1.82) is 0 Å². The molecule has 208 valence electrons. The maximum absolute atomic E-state index is 13.3. The van der Waals surface area contributed by atoms with E-state index in [2.05, 4.69) is 26.5 Å². The second-order valence-electron chi connectivity index (χ2n) is 10.5. The summed E-state index contributed by atoms with van der Waals surface area (Å²) in [7, 11) is 1.32. The lowest BCUT2D eigenvalue weighted by molar-refractivity contribution is -0.140. The zero-order valence-corrected chi connectivity index (χ0v) is 21.9. The van der Waals surface area contributed by atoms with Crippen LogP contribution in [0.2, 0.25) is 0 Å². The van der Waals surface area contributed by atoms with Crippen molar-refractivity contribution in [3.8, 4) is 29.5 Å². The summed E-state index contributed by atoms with van der Waals surface area (Å²) in [6.07, 6.45) is 1.22. The minimum Gasteiger partial charge on any atom is -0.494 e. The fourth-order valence-electron chi connectivity index (χ4n) is 4.45. The number of amides is 1. The molecular formula is C27H30F3N5O4. The number of alkyl halides is 3. The lowest BCUT2D eigenvalue weighted by atomic mass is 9.78. The monoisotopic (exact) mass is 545 g/mol. The first-order valence-corrected chi connectivity index (χ1v) is 12.3. The number of nitrogens with zero attached hydrogens (tertiary/aromatic N) is 2. The number of aliphatic hydroxyl groups is 1.